The number of benzene rings is 1. The molecule has 2 aliphatic rings. The van der Waals surface area contributed by atoms with Gasteiger partial charge in [0, 0.05) is 30.5 Å². The van der Waals surface area contributed by atoms with Gasteiger partial charge in [-0.15, -0.1) is 11.3 Å². The summed E-state index contributed by atoms with van der Waals surface area (Å²) in [6.45, 7) is 2.84. The normalized spacial score (nSPS) is 16.8. The maximum Gasteiger partial charge on any atom is 0.246 e. The standard InChI is InChI=1S/C19H19NO3S/c21-19(20-8-6-18-15(13-20)7-11-24-18)5-3-14-2-4-16-17(12-14)23-10-1-9-22-16/h2-5,7,11-12H,1,6,8-10,13H2/b5-3+. The number of carbonyl (C=O) groups excluding carboxylic acids is 1. The fourth-order valence-electron chi connectivity index (χ4n) is 2.99. The summed E-state index contributed by atoms with van der Waals surface area (Å²) in [5, 5.41) is 2.10. The monoisotopic (exact) mass is 341 g/mol. The molecule has 124 valence electrons. The molecule has 0 bridgehead atoms. The number of carbonyl (C=O) groups is 1. The Balaban J connectivity index is 1.45. The van der Waals surface area contributed by atoms with Crippen molar-refractivity contribution < 1.29 is 14.3 Å². The van der Waals surface area contributed by atoms with Crippen LogP contribution in [0.25, 0.3) is 6.08 Å². The van der Waals surface area contributed by atoms with E-state index in [1.807, 2.05) is 29.2 Å². The van der Waals surface area contributed by atoms with E-state index in [0.717, 1.165) is 36.4 Å². The molecule has 4 rings (SSSR count). The lowest BCUT2D eigenvalue weighted by Crippen LogP contribution is -2.34. The molecule has 0 spiro atoms. The average Bonchev–Trinajstić information content (AvgIpc) is 2.96. The van der Waals surface area contributed by atoms with Gasteiger partial charge in [0.15, 0.2) is 11.5 Å². The smallest absolute Gasteiger partial charge is 0.246 e. The lowest BCUT2D eigenvalue weighted by Gasteiger charge is -2.25. The van der Waals surface area contributed by atoms with Crippen molar-refractivity contribution in [2.45, 2.75) is 19.4 Å². The zero-order valence-electron chi connectivity index (χ0n) is 13.4. The Bertz CT molecular complexity index is 781. The van der Waals surface area contributed by atoms with E-state index in [-0.39, 0.29) is 5.91 Å². The Labute approximate surface area is 145 Å². The maximum atomic E-state index is 12.4. The van der Waals surface area contributed by atoms with E-state index in [0.29, 0.717) is 19.8 Å². The van der Waals surface area contributed by atoms with Crippen molar-refractivity contribution in [3.8, 4) is 11.5 Å². The Morgan fingerprint density at radius 3 is 2.96 bits per heavy atom. The van der Waals surface area contributed by atoms with Gasteiger partial charge < -0.3 is 14.4 Å². The van der Waals surface area contributed by atoms with Crippen molar-refractivity contribution >= 4 is 23.3 Å². The van der Waals surface area contributed by atoms with E-state index in [1.165, 1.54) is 10.4 Å². The molecular weight excluding hydrogens is 322 g/mol. The van der Waals surface area contributed by atoms with Crippen molar-refractivity contribution in [1.82, 2.24) is 4.90 Å². The minimum Gasteiger partial charge on any atom is -0.490 e. The molecule has 0 unspecified atom stereocenters. The summed E-state index contributed by atoms with van der Waals surface area (Å²) < 4.78 is 11.3. The molecule has 0 saturated heterocycles. The number of ether oxygens (including phenoxy) is 2. The molecule has 0 atom stereocenters. The van der Waals surface area contributed by atoms with E-state index < -0.39 is 0 Å². The number of rotatable bonds is 2. The largest absolute Gasteiger partial charge is 0.490 e. The summed E-state index contributed by atoms with van der Waals surface area (Å²) in [6, 6.07) is 7.90. The minimum atomic E-state index is 0.0546. The molecule has 5 heteroatoms. The number of amides is 1. The topological polar surface area (TPSA) is 38.8 Å². The summed E-state index contributed by atoms with van der Waals surface area (Å²) in [4.78, 5) is 15.7. The van der Waals surface area contributed by atoms with Gasteiger partial charge in [0.05, 0.1) is 13.2 Å². The van der Waals surface area contributed by atoms with Crippen molar-refractivity contribution in [2.24, 2.45) is 0 Å². The van der Waals surface area contributed by atoms with E-state index in [1.54, 1.807) is 17.4 Å². The SMILES string of the molecule is O=C(/C=C/c1ccc2c(c1)OCCCO2)N1CCc2sccc2C1. The Morgan fingerprint density at radius 1 is 1.17 bits per heavy atom. The summed E-state index contributed by atoms with van der Waals surface area (Å²) in [5.41, 5.74) is 2.23. The molecule has 0 fully saturated rings. The third-order valence-electron chi connectivity index (χ3n) is 4.31. The van der Waals surface area contributed by atoms with Crippen LogP contribution in [0.15, 0.2) is 35.7 Å². The highest BCUT2D eigenvalue weighted by Gasteiger charge is 2.19. The van der Waals surface area contributed by atoms with E-state index in [9.17, 15) is 4.79 Å². The molecule has 3 heterocycles. The second-order valence-electron chi connectivity index (χ2n) is 5.97. The van der Waals surface area contributed by atoms with Gasteiger partial charge in [0.2, 0.25) is 5.91 Å². The predicted octanol–water partition coefficient (Wildman–Crippen LogP) is 3.51. The lowest BCUT2D eigenvalue weighted by atomic mass is 10.1. The molecule has 24 heavy (non-hydrogen) atoms. The fraction of sp³-hybridized carbons (Fsp3) is 0.316. The molecule has 4 nitrogen and oxygen atoms in total. The predicted molar refractivity (Wildman–Crippen MR) is 94.5 cm³/mol. The molecule has 0 aliphatic carbocycles. The van der Waals surface area contributed by atoms with Crippen LogP contribution >= 0.6 is 11.3 Å². The molecule has 0 N–H and O–H groups in total. The molecule has 1 amide bonds. The first kappa shape index (κ1) is 15.3. The first-order valence-electron chi connectivity index (χ1n) is 8.21. The van der Waals surface area contributed by atoms with Crippen LogP contribution in [0.5, 0.6) is 11.5 Å². The van der Waals surface area contributed by atoms with Gasteiger partial charge in [-0.1, -0.05) is 6.07 Å². The highest BCUT2D eigenvalue weighted by atomic mass is 32.1. The molecule has 0 saturated carbocycles. The number of hydrogen-bond donors (Lipinski definition) is 0. The van der Waals surface area contributed by atoms with E-state index >= 15 is 0 Å². The highest BCUT2D eigenvalue weighted by Crippen LogP contribution is 2.31. The van der Waals surface area contributed by atoms with Gasteiger partial charge in [0.25, 0.3) is 0 Å². The van der Waals surface area contributed by atoms with Crippen molar-refractivity contribution in [1.29, 1.82) is 0 Å². The summed E-state index contributed by atoms with van der Waals surface area (Å²) in [5.74, 6) is 1.58. The van der Waals surface area contributed by atoms with Gasteiger partial charge in [-0.2, -0.15) is 0 Å². The Morgan fingerprint density at radius 2 is 2.04 bits per heavy atom. The summed E-state index contributed by atoms with van der Waals surface area (Å²) >= 11 is 1.78. The van der Waals surface area contributed by atoms with Gasteiger partial charge in [0.1, 0.15) is 0 Å². The van der Waals surface area contributed by atoms with Gasteiger partial charge >= 0.3 is 0 Å². The van der Waals surface area contributed by atoms with Crippen LogP contribution in [0.3, 0.4) is 0 Å². The third-order valence-corrected chi connectivity index (χ3v) is 5.33. The third kappa shape index (κ3) is 3.17. The average molecular weight is 341 g/mol. The first-order chi connectivity index (χ1) is 11.8. The van der Waals surface area contributed by atoms with Crippen LogP contribution in [0.1, 0.15) is 22.4 Å². The van der Waals surface area contributed by atoms with Crippen molar-refractivity contribution in [3.05, 3.63) is 51.7 Å². The molecule has 1 aromatic heterocycles. The van der Waals surface area contributed by atoms with E-state index in [4.69, 9.17) is 9.47 Å². The summed E-state index contributed by atoms with van der Waals surface area (Å²) in [7, 11) is 0. The van der Waals surface area contributed by atoms with E-state index in [2.05, 4.69) is 11.4 Å². The molecular formula is C19H19NO3S. The molecule has 0 radical (unpaired) electrons. The zero-order chi connectivity index (χ0) is 16.4. The van der Waals surface area contributed by atoms with Crippen molar-refractivity contribution in [3.63, 3.8) is 0 Å². The lowest BCUT2D eigenvalue weighted by molar-refractivity contribution is -0.126. The number of hydrogen-bond acceptors (Lipinski definition) is 4. The maximum absolute atomic E-state index is 12.4. The van der Waals surface area contributed by atoms with Crippen molar-refractivity contribution in [2.75, 3.05) is 19.8 Å². The molecule has 1 aromatic carbocycles. The Hall–Kier alpha value is -2.27. The van der Waals surface area contributed by atoms with Crippen LogP contribution in [-0.2, 0) is 17.8 Å². The minimum absolute atomic E-state index is 0.0546. The van der Waals surface area contributed by atoms with Crippen LogP contribution < -0.4 is 9.47 Å². The second-order valence-corrected chi connectivity index (χ2v) is 6.97. The van der Waals surface area contributed by atoms with Gasteiger partial charge in [-0.25, -0.2) is 0 Å². The van der Waals surface area contributed by atoms with Crippen LogP contribution in [0.2, 0.25) is 0 Å². The number of thiophene rings is 1. The van der Waals surface area contributed by atoms with Gasteiger partial charge in [-0.05, 0) is 47.2 Å². The fourth-order valence-corrected chi connectivity index (χ4v) is 3.88. The quantitative estimate of drug-likeness (QED) is 0.785. The first-order valence-corrected chi connectivity index (χ1v) is 9.09. The zero-order valence-corrected chi connectivity index (χ0v) is 14.2. The second kappa shape index (κ2) is 6.69. The van der Waals surface area contributed by atoms with Crippen LogP contribution in [0, 0.1) is 0 Å². The highest BCUT2D eigenvalue weighted by molar-refractivity contribution is 7.10. The number of nitrogens with zero attached hydrogens (tertiary/aromatic N) is 1. The van der Waals surface area contributed by atoms with Crippen LogP contribution in [0.4, 0.5) is 0 Å². The Kier molecular flexibility index (Phi) is 4.26. The molecule has 2 aromatic rings. The molecule has 2 aliphatic heterocycles. The van der Waals surface area contributed by atoms with Gasteiger partial charge in [-0.3, -0.25) is 4.79 Å². The van der Waals surface area contributed by atoms with Crippen LogP contribution in [-0.4, -0.2) is 30.6 Å². The summed E-state index contributed by atoms with van der Waals surface area (Å²) in [6.07, 6.45) is 5.34. The number of fused-ring (bicyclic) bond motifs is 2.